The van der Waals surface area contributed by atoms with Crippen LogP contribution in [0.25, 0.3) is 0 Å². The Hall–Kier alpha value is -2.58. The van der Waals surface area contributed by atoms with Crippen molar-refractivity contribution in [1.82, 2.24) is 10.2 Å². The van der Waals surface area contributed by atoms with E-state index >= 15 is 0 Å². The van der Waals surface area contributed by atoms with E-state index in [1.165, 1.54) is 36.7 Å². The summed E-state index contributed by atoms with van der Waals surface area (Å²) in [7, 11) is 2.14. The molecule has 1 aliphatic rings. The number of nitrogens with zero attached hydrogens (tertiary/aromatic N) is 2. The van der Waals surface area contributed by atoms with Crippen LogP contribution in [0.3, 0.4) is 0 Å². The Bertz CT molecular complexity index is 1110. The van der Waals surface area contributed by atoms with Crippen LogP contribution in [0.4, 0.5) is 10.1 Å². The molecule has 0 amide bonds. The number of halogens is 1. The molecule has 3 N–H and O–H groups in total. The average molecular weight is 445 g/mol. The normalized spacial score (nSPS) is 15.0. The molecular formula is C23H29FN4O2S. The fourth-order valence-electron chi connectivity index (χ4n) is 3.89. The lowest BCUT2D eigenvalue weighted by Gasteiger charge is -2.27. The molecule has 2 unspecified atom stereocenters. The van der Waals surface area contributed by atoms with Crippen molar-refractivity contribution in [1.29, 1.82) is 0 Å². The molecule has 0 saturated carbocycles. The molecule has 0 aliphatic carbocycles. The molecule has 31 heavy (non-hydrogen) atoms. The van der Waals surface area contributed by atoms with Crippen molar-refractivity contribution in [2.24, 2.45) is 5.73 Å². The zero-order chi connectivity index (χ0) is 22.7. The topological polar surface area (TPSA) is 88.1 Å². The molecule has 0 bridgehead atoms. The van der Waals surface area contributed by atoms with E-state index in [4.69, 9.17) is 10.2 Å². The number of aromatic amines is 1. The minimum Gasteiger partial charge on any atom is -0.391 e. The maximum atomic E-state index is 14.0. The van der Waals surface area contributed by atoms with E-state index in [2.05, 4.69) is 53.0 Å². The van der Waals surface area contributed by atoms with Gasteiger partial charge in [-0.25, -0.2) is 14.3 Å². The van der Waals surface area contributed by atoms with Gasteiger partial charge in [0, 0.05) is 30.1 Å². The number of thiol groups is 1. The fourth-order valence-corrected chi connectivity index (χ4v) is 4.08. The second-order valence-corrected chi connectivity index (χ2v) is 8.52. The minimum absolute atomic E-state index is 0.0813. The Kier molecular flexibility index (Phi) is 7.23. The third-order valence-corrected chi connectivity index (χ3v) is 6.16. The van der Waals surface area contributed by atoms with Crippen LogP contribution in [0.15, 0.2) is 44.4 Å². The molecular weight excluding hydrogens is 415 g/mol. The summed E-state index contributed by atoms with van der Waals surface area (Å²) in [5.74, 6) is -1.26. The zero-order valence-corrected chi connectivity index (χ0v) is 19.2. The van der Waals surface area contributed by atoms with E-state index in [1.807, 2.05) is 13.8 Å². The number of hydrogen-bond donors (Lipinski definition) is 3. The van der Waals surface area contributed by atoms with Crippen molar-refractivity contribution in [3.8, 4) is 0 Å². The summed E-state index contributed by atoms with van der Waals surface area (Å²) in [5.41, 5.74) is 11.2. The molecule has 2 heterocycles. The van der Waals surface area contributed by atoms with Crippen molar-refractivity contribution in [2.75, 3.05) is 18.5 Å². The average Bonchev–Trinajstić information content (AvgIpc) is 3.18. The number of benzene rings is 2. The van der Waals surface area contributed by atoms with E-state index in [1.54, 1.807) is 13.0 Å². The van der Waals surface area contributed by atoms with Gasteiger partial charge in [-0.15, -0.1) is 17.7 Å². The number of fused-ring (bicyclic) bond motifs is 1. The number of anilines is 1. The van der Waals surface area contributed by atoms with Crippen LogP contribution < -0.4 is 16.4 Å². The molecule has 2 aromatic carbocycles. The third kappa shape index (κ3) is 5.19. The van der Waals surface area contributed by atoms with Crippen LogP contribution in [-0.2, 0) is 6.42 Å². The molecule has 0 spiro atoms. The highest BCUT2D eigenvalue weighted by molar-refractivity contribution is 7.80. The minimum atomic E-state index is -0.686. The maximum Gasteiger partial charge on any atom is 0.434 e. The van der Waals surface area contributed by atoms with Crippen molar-refractivity contribution in [3.05, 3.63) is 74.8 Å². The number of nitrogens with two attached hydrogens (primary N) is 1. The Morgan fingerprint density at radius 2 is 2.03 bits per heavy atom. The van der Waals surface area contributed by atoms with Gasteiger partial charge in [0.25, 0.3) is 0 Å². The number of hydrogen-bond acceptors (Lipinski definition) is 6. The van der Waals surface area contributed by atoms with Crippen molar-refractivity contribution >= 4 is 18.3 Å². The second-order valence-electron chi connectivity index (χ2n) is 8.01. The fraction of sp³-hybridized carbons (Fsp3) is 0.391. The Morgan fingerprint density at radius 3 is 2.71 bits per heavy atom. The largest absolute Gasteiger partial charge is 0.434 e. The van der Waals surface area contributed by atoms with Gasteiger partial charge in [0.05, 0.1) is 6.04 Å². The smallest absolute Gasteiger partial charge is 0.391 e. The lowest BCUT2D eigenvalue weighted by atomic mass is 9.88. The molecule has 3 aromatic rings. The van der Waals surface area contributed by atoms with Gasteiger partial charge in [-0.05, 0) is 67.1 Å². The summed E-state index contributed by atoms with van der Waals surface area (Å²) in [6.45, 7) is 6.71. The summed E-state index contributed by atoms with van der Waals surface area (Å²) >= 11 is 4.33. The van der Waals surface area contributed by atoms with Gasteiger partial charge >= 0.3 is 5.76 Å². The van der Waals surface area contributed by atoms with Crippen molar-refractivity contribution < 1.29 is 8.81 Å². The first-order chi connectivity index (χ1) is 14.7. The Balaban J connectivity index is 0.000000194. The number of nitrogens with one attached hydrogen (secondary N) is 1. The van der Waals surface area contributed by atoms with Crippen LogP contribution in [0.2, 0.25) is 0 Å². The number of rotatable bonds is 3. The third-order valence-electron chi connectivity index (χ3n) is 5.89. The lowest BCUT2D eigenvalue weighted by Crippen LogP contribution is -2.24. The first-order valence-corrected chi connectivity index (χ1v) is 10.7. The van der Waals surface area contributed by atoms with E-state index < -0.39 is 11.8 Å². The SMILES string of the molecule is CN1CCCc2ccc(S)cc21.Cc1ccc(F)c(C(C)C(N)c2n[nH]c(=O)o2)c1C. The highest BCUT2D eigenvalue weighted by Gasteiger charge is 2.26. The predicted molar refractivity (Wildman–Crippen MR) is 124 cm³/mol. The molecule has 1 aliphatic heterocycles. The van der Waals surface area contributed by atoms with Gasteiger partial charge in [0.15, 0.2) is 0 Å². The van der Waals surface area contributed by atoms with Crippen LogP contribution >= 0.6 is 12.6 Å². The van der Waals surface area contributed by atoms with Crippen LogP contribution in [-0.4, -0.2) is 23.8 Å². The van der Waals surface area contributed by atoms with E-state index in [-0.39, 0.29) is 17.6 Å². The second kappa shape index (κ2) is 9.70. The van der Waals surface area contributed by atoms with Gasteiger partial charge in [-0.3, -0.25) is 0 Å². The molecule has 1 aromatic heterocycles. The highest BCUT2D eigenvalue weighted by Crippen LogP contribution is 2.32. The van der Waals surface area contributed by atoms with Crippen LogP contribution in [0.1, 0.15) is 53.4 Å². The first-order valence-electron chi connectivity index (χ1n) is 10.3. The van der Waals surface area contributed by atoms with Crippen LogP contribution in [0, 0.1) is 19.7 Å². The zero-order valence-electron chi connectivity index (χ0n) is 18.3. The molecule has 4 rings (SSSR count). The lowest BCUT2D eigenvalue weighted by molar-refractivity contribution is 0.396. The van der Waals surface area contributed by atoms with Crippen molar-refractivity contribution in [3.63, 3.8) is 0 Å². The molecule has 8 heteroatoms. The first kappa shape index (κ1) is 23.1. The summed E-state index contributed by atoms with van der Waals surface area (Å²) < 4.78 is 18.8. The predicted octanol–water partition coefficient (Wildman–Crippen LogP) is 4.28. The summed E-state index contributed by atoms with van der Waals surface area (Å²) in [5, 5.41) is 5.84. The van der Waals surface area contributed by atoms with Gasteiger partial charge in [0.1, 0.15) is 5.82 Å². The number of H-pyrrole nitrogens is 1. The van der Waals surface area contributed by atoms with Gasteiger partial charge in [-0.1, -0.05) is 19.1 Å². The summed E-state index contributed by atoms with van der Waals surface area (Å²) in [6, 6.07) is 8.86. The van der Waals surface area contributed by atoms with Crippen molar-refractivity contribution in [2.45, 2.75) is 50.5 Å². The van der Waals surface area contributed by atoms with Gasteiger partial charge in [-0.2, -0.15) is 0 Å². The molecule has 0 fully saturated rings. The molecule has 6 nitrogen and oxygen atoms in total. The maximum absolute atomic E-state index is 14.0. The van der Waals surface area contributed by atoms with E-state index in [0.717, 1.165) is 16.0 Å². The number of aromatic nitrogens is 2. The Labute approximate surface area is 187 Å². The summed E-state index contributed by atoms with van der Waals surface area (Å²) in [6.07, 6.45) is 2.49. The Morgan fingerprint density at radius 1 is 1.29 bits per heavy atom. The van der Waals surface area contributed by atoms with E-state index in [9.17, 15) is 9.18 Å². The van der Waals surface area contributed by atoms with Crippen LogP contribution in [0.5, 0.6) is 0 Å². The number of aryl methyl sites for hydroxylation is 2. The monoisotopic (exact) mass is 444 g/mol. The summed E-state index contributed by atoms with van der Waals surface area (Å²) in [4.78, 5) is 14.3. The molecule has 0 radical (unpaired) electrons. The molecule has 0 saturated heterocycles. The standard InChI is InChI=1S/C13H16FN3O2.C10H13NS/c1-6-4-5-9(14)10(7(6)2)8(3)11(15)12-16-17-13(18)19-12;1-11-6-2-3-8-4-5-9(12)7-10(8)11/h4-5,8,11H,15H2,1-3H3,(H,17,18);4-5,7,12H,2-3,6H2,1H3. The quantitative estimate of drug-likeness (QED) is 0.525. The van der Waals surface area contributed by atoms with E-state index in [0.29, 0.717) is 5.56 Å². The van der Waals surface area contributed by atoms with Gasteiger partial charge < -0.3 is 15.1 Å². The highest BCUT2D eigenvalue weighted by atomic mass is 32.1. The molecule has 2 atom stereocenters. The van der Waals surface area contributed by atoms with Gasteiger partial charge in [0.2, 0.25) is 5.89 Å². The molecule has 166 valence electrons.